The summed E-state index contributed by atoms with van der Waals surface area (Å²) in [5, 5.41) is 0.926. The highest BCUT2D eigenvalue weighted by molar-refractivity contribution is 7.90. The summed E-state index contributed by atoms with van der Waals surface area (Å²) in [5.74, 6) is -1.14. The summed E-state index contributed by atoms with van der Waals surface area (Å²) in [6.45, 7) is 2.89. The van der Waals surface area contributed by atoms with Gasteiger partial charge in [0.15, 0.2) is 0 Å². The van der Waals surface area contributed by atoms with E-state index >= 15 is 0 Å². The molecular formula is C42H47F3N4O5S. The number of rotatable bonds is 12. The first-order valence-corrected chi connectivity index (χ1v) is 21.0. The molecule has 3 saturated heterocycles. The fraction of sp³-hybridized carbons (Fsp3) is 0.476. The van der Waals surface area contributed by atoms with Crippen molar-refractivity contribution in [3.63, 3.8) is 0 Å². The van der Waals surface area contributed by atoms with Crippen molar-refractivity contribution in [2.24, 2.45) is 5.41 Å². The van der Waals surface area contributed by atoms with E-state index in [4.69, 9.17) is 4.74 Å². The number of hydrogen-bond donors (Lipinski definition) is 1. The predicted octanol–water partition coefficient (Wildman–Crippen LogP) is 7.64. The second-order valence-corrected chi connectivity index (χ2v) is 17.8. The van der Waals surface area contributed by atoms with Crippen LogP contribution >= 0.6 is 0 Å². The average Bonchev–Trinajstić information content (AvgIpc) is 3.89. The van der Waals surface area contributed by atoms with Crippen molar-refractivity contribution in [3.05, 3.63) is 89.5 Å². The number of ether oxygens (including phenoxy) is 1. The van der Waals surface area contributed by atoms with Crippen LogP contribution in [0.4, 0.5) is 13.2 Å². The first-order valence-electron chi connectivity index (χ1n) is 19.3. The van der Waals surface area contributed by atoms with Crippen LogP contribution in [0.1, 0.15) is 85.2 Å². The molecule has 1 aromatic heterocycles. The topological polar surface area (TPSA) is 101 Å². The molecule has 0 spiro atoms. The molecule has 2 bridgehead atoms. The summed E-state index contributed by atoms with van der Waals surface area (Å²) >= 11 is 0. The number of amides is 2. The quantitative estimate of drug-likeness (QED) is 0.159. The van der Waals surface area contributed by atoms with Crippen molar-refractivity contribution in [2.75, 3.05) is 26.0 Å². The van der Waals surface area contributed by atoms with Crippen LogP contribution in [0.5, 0.6) is 5.75 Å². The lowest BCUT2D eigenvalue weighted by molar-refractivity contribution is -0.161. The number of hydrogen-bond acceptors (Lipinski definition) is 6. The molecule has 55 heavy (non-hydrogen) atoms. The molecule has 0 radical (unpaired) electrons. The number of fused-ring (bicyclic) bond motifs is 3. The van der Waals surface area contributed by atoms with Crippen molar-refractivity contribution >= 4 is 32.7 Å². The van der Waals surface area contributed by atoms with Gasteiger partial charge in [-0.3, -0.25) is 14.5 Å². The van der Waals surface area contributed by atoms with Crippen LogP contribution in [-0.4, -0.2) is 78.8 Å². The number of nitrogens with one attached hydrogen (secondary N) is 1. The number of sulfonamides is 1. The van der Waals surface area contributed by atoms with Gasteiger partial charge in [0.05, 0.1) is 30.4 Å². The first-order chi connectivity index (χ1) is 26.3. The van der Waals surface area contributed by atoms with Crippen molar-refractivity contribution in [3.8, 4) is 17.0 Å². The highest BCUT2D eigenvalue weighted by Gasteiger charge is 2.58. The molecule has 2 aliphatic carbocycles. The fourth-order valence-corrected chi connectivity index (χ4v) is 10.2. The molecule has 9 rings (SSSR count). The minimum Gasteiger partial charge on any atom is -0.497 e. The van der Waals surface area contributed by atoms with Crippen molar-refractivity contribution < 1.29 is 35.9 Å². The lowest BCUT2D eigenvalue weighted by Gasteiger charge is -2.57. The minimum atomic E-state index is -4.68. The van der Waals surface area contributed by atoms with E-state index in [9.17, 15) is 31.2 Å². The standard InChI is InChI=1S/C42H47F3N4O5S/c1-54-34-15-12-30(13-16-34)38-37(29-10-6-3-7-11-29)35-17-14-31(39(50)46-55(52,53)21-20-42(43,44)45)22-36(35)48(38)27-41(18-19-41)40(51)49-32-23-33(49)26-47(25-32)24-28-8-4-2-5-9-28/h2,4-5,8-9,12-17,22,29,32-33H,3,6-7,10-11,18-21,23-27H2,1H3,(H,46,50). The summed E-state index contributed by atoms with van der Waals surface area (Å²) in [4.78, 5) is 32.7. The van der Waals surface area contributed by atoms with Crippen LogP contribution in [0.3, 0.4) is 0 Å². The number of alkyl halides is 3. The largest absolute Gasteiger partial charge is 0.497 e. The normalized spacial score (nSPS) is 21.3. The molecule has 3 aromatic carbocycles. The fourth-order valence-electron chi connectivity index (χ4n) is 9.21. The Balaban J connectivity index is 1.16. The summed E-state index contributed by atoms with van der Waals surface area (Å²) in [6.07, 6.45) is 1.50. The maximum atomic E-state index is 14.7. The van der Waals surface area contributed by atoms with Gasteiger partial charge in [-0.05, 0) is 91.1 Å². The Morgan fingerprint density at radius 2 is 1.62 bits per heavy atom. The Morgan fingerprint density at radius 3 is 2.25 bits per heavy atom. The number of carbonyl (C=O) groups is 2. The van der Waals surface area contributed by atoms with Gasteiger partial charge in [0.25, 0.3) is 5.91 Å². The van der Waals surface area contributed by atoms with Gasteiger partial charge in [-0.15, -0.1) is 0 Å². The zero-order chi connectivity index (χ0) is 38.5. The van der Waals surface area contributed by atoms with Gasteiger partial charge < -0.3 is 14.2 Å². The van der Waals surface area contributed by atoms with E-state index in [0.29, 0.717) is 17.8 Å². The lowest BCUT2D eigenvalue weighted by atomic mass is 9.81. The van der Waals surface area contributed by atoms with E-state index in [0.717, 1.165) is 93.2 Å². The van der Waals surface area contributed by atoms with E-state index < -0.39 is 39.7 Å². The van der Waals surface area contributed by atoms with Crippen molar-refractivity contribution in [1.29, 1.82) is 0 Å². The molecule has 3 aliphatic heterocycles. The van der Waals surface area contributed by atoms with E-state index in [1.54, 1.807) is 19.2 Å². The van der Waals surface area contributed by atoms with Gasteiger partial charge in [0, 0.05) is 54.7 Å². The molecule has 2 unspecified atom stereocenters. The maximum absolute atomic E-state index is 14.7. The number of methoxy groups -OCH3 is 1. The molecule has 5 fully saturated rings. The lowest BCUT2D eigenvalue weighted by Crippen LogP contribution is -2.71. The van der Waals surface area contributed by atoms with Crippen molar-refractivity contribution in [1.82, 2.24) is 19.1 Å². The first kappa shape index (κ1) is 37.6. The van der Waals surface area contributed by atoms with Gasteiger partial charge >= 0.3 is 6.18 Å². The van der Waals surface area contributed by atoms with E-state index in [1.807, 2.05) is 53.3 Å². The van der Waals surface area contributed by atoms with Gasteiger partial charge in [0.2, 0.25) is 15.9 Å². The number of aromatic nitrogens is 1. The number of nitrogens with zero attached hydrogens (tertiary/aromatic N) is 3. The molecule has 2 atom stereocenters. The zero-order valence-corrected chi connectivity index (χ0v) is 31.8. The Labute approximate surface area is 319 Å². The second-order valence-electron chi connectivity index (χ2n) is 16.0. The van der Waals surface area contributed by atoms with Gasteiger partial charge in [0.1, 0.15) is 5.75 Å². The maximum Gasteiger partial charge on any atom is 0.390 e. The summed E-state index contributed by atoms with van der Waals surface area (Å²) in [7, 11) is -2.94. The van der Waals surface area contributed by atoms with Crippen LogP contribution in [0.25, 0.3) is 22.2 Å². The van der Waals surface area contributed by atoms with Crippen molar-refractivity contribution in [2.45, 2.75) is 95.1 Å². The number of benzene rings is 3. The highest BCUT2D eigenvalue weighted by Crippen LogP contribution is 2.54. The van der Waals surface area contributed by atoms with E-state index in [1.165, 1.54) is 5.56 Å². The SMILES string of the molecule is COc1ccc(-c2c(C3CCCCC3)c3ccc(C(=O)NS(=O)(=O)CCC(F)(F)F)cc3n2CC2(C(=O)N3C4CC3CN(Cc3ccccc3)C4)CC2)cc1. The summed E-state index contributed by atoms with van der Waals surface area (Å²) < 4.78 is 73.2. The molecule has 5 aliphatic rings. The third-order valence-corrected chi connectivity index (χ3v) is 13.4. The highest BCUT2D eigenvalue weighted by atomic mass is 32.2. The number of piperidine rings is 1. The van der Waals surface area contributed by atoms with E-state index in [2.05, 4.69) is 26.5 Å². The molecule has 2 amide bonds. The molecule has 2 saturated carbocycles. The molecule has 4 heterocycles. The van der Waals surface area contributed by atoms with Gasteiger partial charge in [-0.2, -0.15) is 13.2 Å². The summed E-state index contributed by atoms with van der Waals surface area (Å²) in [6, 6.07) is 23.6. The zero-order valence-electron chi connectivity index (χ0n) is 31.0. The third-order valence-electron chi connectivity index (χ3n) is 12.2. The second kappa shape index (κ2) is 14.6. The Hall–Kier alpha value is -4.36. The van der Waals surface area contributed by atoms with Crippen LogP contribution in [-0.2, 0) is 27.9 Å². The van der Waals surface area contributed by atoms with Crippen LogP contribution in [0.2, 0.25) is 0 Å². The Kier molecular flexibility index (Phi) is 9.98. The average molecular weight is 777 g/mol. The number of halogens is 3. The Bertz CT molecular complexity index is 2170. The van der Waals surface area contributed by atoms with Crippen LogP contribution in [0, 0.1) is 5.41 Å². The van der Waals surface area contributed by atoms with E-state index in [-0.39, 0.29) is 29.5 Å². The summed E-state index contributed by atoms with van der Waals surface area (Å²) in [5.41, 5.74) is 4.40. The molecule has 292 valence electrons. The minimum absolute atomic E-state index is 0.0188. The Morgan fingerprint density at radius 1 is 0.927 bits per heavy atom. The number of carbonyl (C=O) groups excluding carboxylic acids is 2. The monoisotopic (exact) mass is 776 g/mol. The smallest absolute Gasteiger partial charge is 0.390 e. The number of piperazine rings is 1. The van der Waals surface area contributed by atoms with Crippen LogP contribution < -0.4 is 9.46 Å². The molecular weight excluding hydrogens is 730 g/mol. The third kappa shape index (κ3) is 7.74. The molecule has 1 N–H and O–H groups in total. The molecule has 13 heteroatoms. The van der Waals surface area contributed by atoms with Crippen LogP contribution in [0.15, 0.2) is 72.8 Å². The molecule has 4 aromatic rings. The van der Waals surface area contributed by atoms with Gasteiger partial charge in [-0.25, -0.2) is 13.1 Å². The van der Waals surface area contributed by atoms with Gasteiger partial charge in [-0.1, -0.05) is 55.7 Å². The predicted molar refractivity (Wildman–Crippen MR) is 204 cm³/mol. The molecule has 9 nitrogen and oxygen atoms in total.